The number of carbonyl (C=O) groups is 3. The number of allylic oxidation sites excluding steroid dienone is 26. The smallest absolute Gasteiger partial charge is 0.306 e. The maximum absolute atomic E-state index is 12.9. The number of esters is 3. The summed E-state index contributed by atoms with van der Waals surface area (Å²) < 4.78 is 16.9. The highest BCUT2D eigenvalue weighted by Crippen LogP contribution is 2.15. The van der Waals surface area contributed by atoms with E-state index in [0.717, 1.165) is 161 Å². The highest BCUT2D eigenvalue weighted by atomic mass is 16.6. The average Bonchev–Trinajstić information content (AvgIpc) is 3.47. The SMILES string of the molecule is CC/C=C\C/C=C\C/C=C\C/C=C\C/C=C\C/C=C\C/C=C\CCCCCCCCCC(=O)OCC(COC(=O)CCCCCCCCCCCCC)OC(=O)CCCCCC/C=C\C/C=C\C/C=C\C/C=C\C/C=C\C/C=C\CC. The second-order valence-electron chi connectivity index (χ2n) is 21.3. The first-order valence-corrected chi connectivity index (χ1v) is 33.0. The predicted molar refractivity (Wildman–Crippen MR) is 352 cm³/mol. The fourth-order valence-electron chi connectivity index (χ4n) is 8.66. The number of hydrogen-bond acceptors (Lipinski definition) is 6. The fourth-order valence-corrected chi connectivity index (χ4v) is 8.66. The molecular weight excluding hydrogens is 997 g/mol. The molecule has 1 unspecified atom stereocenters. The zero-order valence-corrected chi connectivity index (χ0v) is 52.2. The Kier molecular flexibility index (Phi) is 63.4. The highest BCUT2D eigenvalue weighted by molar-refractivity contribution is 5.71. The van der Waals surface area contributed by atoms with Crippen LogP contribution in [-0.4, -0.2) is 37.2 Å². The van der Waals surface area contributed by atoms with E-state index in [9.17, 15) is 14.4 Å². The third kappa shape index (κ3) is 65.7. The zero-order chi connectivity index (χ0) is 58.5. The van der Waals surface area contributed by atoms with Gasteiger partial charge in [0.15, 0.2) is 6.10 Å². The van der Waals surface area contributed by atoms with Gasteiger partial charge in [0, 0.05) is 19.3 Å². The van der Waals surface area contributed by atoms with E-state index in [4.69, 9.17) is 14.2 Å². The molecule has 0 saturated heterocycles. The molecule has 0 aromatic rings. The Morgan fingerprint density at radius 1 is 0.259 bits per heavy atom. The summed E-state index contributed by atoms with van der Waals surface area (Å²) in [5, 5.41) is 0. The maximum atomic E-state index is 12.9. The molecule has 6 nitrogen and oxygen atoms in total. The van der Waals surface area contributed by atoms with E-state index < -0.39 is 6.10 Å². The molecule has 0 rings (SSSR count). The van der Waals surface area contributed by atoms with Crippen LogP contribution in [0.5, 0.6) is 0 Å². The van der Waals surface area contributed by atoms with Crippen molar-refractivity contribution in [3.63, 3.8) is 0 Å². The minimum absolute atomic E-state index is 0.0961. The lowest BCUT2D eigenvalue weighted by molar-refractivity contribution is -0.167. The minimum Gasteiger partial charge on any atom is -0.462 e. The molecule has 456 valence electrons. The van der Waals surface area contributed by atoms with Crippen LogP contribution in [-0.2, 0) is 28.6 Å². The molecule has 0 N–H and O–H groups in total. The molecular formula is C75H120O6. The standard InChI is InChI=1S/C75H120O6/c1-4-7-10-13-16-19-22-24-26-28-30-32-34-35-36-37-38-39-41-42-44-46-48-50-53-56-59-62-65-68-74(77)80-71-72(70-79-73(76)67-64-61-58-55-52-21-18-15-12-9-6-3)81-75(78)69-66-63-60-57-54-51-49-47-45-43-40-33-31-29-27-25-23-20-17-14-11-8-5-2/h7-8,10-11,16-17,19-20,24-27,30-33,35-36,38-39,42-45,49,51,72H,4-6,9,12-15,18,21-23,28-29,34,37,40-41,46-48,50,52-71H2,1-3H3/b10-7-,11-8-,19-16-,20-17-,26-24-,27-25-,32-30-,33-31-,36-35-,39-38-,44-42-,45-43-,51-49-. The number of rotatable bonds is 58. The van der Waals surface area contributed by atoms with E-state index in [2.05, 4.69) is 179 Å². The Hall–Kier alpha value is -4.97. The van der Waals surface area contributed by atoms with Crippen LogP contribution in [0.2, 0.25) is 0 Å². The van der Waals surface area contributed by atoms with E-state index in [1.54, 1.807) is 0 Å². The van der Waals surface area contributed by atoms with Crippen molar-refractivity contribution in [3.05, 3.63) is 158 Å². The van der Waals surface area contributed by atoms with E-state index in [1.807, 2.05) is 0 Å². The van der Waals surface area contributed by atoms with E-state index in [1.165, 1.54) is 77.0 Å². The molecule has 0 aliphatic rings. The molecule has 0 heterocycles. The monoisotopic (exact) mass is 1120 g/mol. The van der Waals surface area contributed by atoms with Crippen LogP contribution >= 0.6 is 0 Å². The molecule has 0 aliphatic heterocycles. The molecule has 1 atom stereocenters. The minimum atomic E-state index is -0.803. The molecule has 6 heteroatoms. The van der Waals surface area contributed by atoms with Crippen molar-refractivity contribution in [1.29, 1.82) is 0 Å². The number of ether oxygens (including phenoxy) is 3. The normalized spacial score (nSPS) is 13.2. The van der Waals surface area contributed by atoms with Gasteiger partial charge in [0.25, 0.3) is 0 Å². The van der Waals surface area contributed by atoms with Gasteiger partial charge in [0.1, 0.15) is 13.2 Å². The van der Waals surface area contributed by atoms with Gasteiger partial charge in [-0.25, -0.2) is 0 Å². The Morgan fingerprint density at radius 3 is 0.753 bits per heavy atom. The summed E-state index contributed by atoms with van der Waals surface area (Å²) >= 11 is 0. The van der Waals surface area contributed by atoms with Crippen LogP contribution in [0.1, 0.15) is 278 Å². The van der Waals surface area contributed by atoms with Crippen molar-refractivity contribution in [2.45, 2.75) is 284 Å². The van der Waals surface area contributed by atoms with Crippen molar-refractivity contribution in [3.8, 4) is 0 Å². The molecule has 0 aliphatic carbocycles. The van der Waals surface area contributed by atoms with Crippen LogP contribution in [0.25, 0.3) is 0 Å². The molecule has 0 spiro atoms. The van der Waals surface area contributed by atoms with Crippen molar-refractivity contribution in [2.75, 3.05) is 13.2 Å². The van der Waals surface area contributed by atoms with Crippen LogP contribution < -0.4 is 0 Å². The first-order chi connectivity index (χ1) is 40.0. The summed E-state index contributed by atoms with van der Waals surface area (Å²) in [4.78, 5) is 38.3. The Labute approximate surface area is 499 Å². The van der Waals surface area contributed by atoms with Gasteiger partial charge < -0.3 is 14.2 Å². The van der Waals surface area contributed by atoms with Crippen molar-refractivity contribution < 1.29 is 28.6 Å². The number of hydrogen-bond donors (Lipinski definition) is 0. The van der Waals surface area contributed by atoms with Gasteiger partial charge >= 0.3 is 17.9 Å². The quantitative estimate of drug-likeness (QED) is 0.0261. The van der Waals surface area contributed by atoms with E-state index in [0.29, 0.717) is 19.3 Å². The van der Waals surface area contributed by atoms with Gasteiger partial charge in [-0.05, 0) is 128 Å². The van der Waals surface area contributed by atoms with Gasteiger partial charge in [-0.2, -0.15) is 0 Å². The second kappa shape index (κ2) is 67.5. The third-order valence-electron chi connectivity index (χ3n) is 13.5. The Bertz CT molecular complexity index is 1810. The second-order valence-corrected chi connectivity index (χ2v) is 21.3. The number of unbranched alkanes of at least 4 members (excludes halogenated alkanes) is 21. The molecule has 0 saturated carbocycles. The number of carbonyl (C=O) groups excluding carboxylic acids is 3. The molecule has 0 amide bonds. The summed E-state index contributed by atoms with van der Waals surface area (Å²) in [6.07, 6.45) is 98.2. The Balaban J connectivity index is 4.38. The summed E-state index contributed by atoms with van der Waals surface area (Å²) in [7, 11) is 0. The van der Waals surface area contributed by atoms with Crippen molar-refractivity contribution in [2.24, 2.45) is 0 Å². The van der Waals surface area contributed by atoms with Gasteiger partial charge in [-0.3, -0.25) is 14.4 Å². The lowest BCUT2D eigenvalue weighted by Gasteiger charge is -2.18. The summed E-state index contributed by atoms with van der Waals surface area (Å²) in [6.45, 7) is 6.38. The first-order valence-electron chi connectivity index (χ1n) is 33.0. The van der Waals surface area contributed by atoms with Crippen LogP contribution in [0.15, 0.2) is 158 Å². The summed E-state index contributed by atoms with van der Waals surface area (Å²) in [5.41, 5.74) is 0. The molecule has 0 aromatic carbocycles. The highest BCUT2D eigenvalue weighted by Gasteiger charge is 2.19. The molecule has 0 fully saturated rings. The lowest BCUT2D eigenvalue weighted by Crippen LogP contribution is -2.30. The van der Waals surface area contributed by atoms with Crippen LogP contribution in [0.4, 0.5) is 0 Å². The molecule has 0 bridgehead atoms. The fraction of sp³-hybridized carbons (Fsp3) is 0.613. The van der Waals surface area contributed by atoms with Gasteiger partial charge in [-0.1, -0.05) is 288 Å². The van der Waals surface area contributed by atoms with Crippen molar-refractivity contribution >= 4 is 17.9 Å². The van der Waals surface area contributed by atoms with E-state index >= 15 is 0 Å². The maximum Gasteiger partial charge on any atom is 0.306 e. The molecule has 0 radical (unpaired) electrons. The van der Waals surface area contributed by atoms with Crippen LogP contribution in [0, 0.1) is 0 Å². The summed E-state index contributed by atoms with van der Waals surface area (Å²) in [5.74, 6) is -0.934. The van der Waals surface area contributed by atoms with Crippen molar-refractivity contribution in [1.82, 2.24) is 0 Å². The van der Waals surface area contributed by atoms with E-state index in [-0.39, 0.29) is 31.1 Å². The molecule has 81 heavy (non-hydrogen) atoms. The lowest BCUT2D eigenvalue weighted by atomic mass is 10.1. The van der Waals surface area contributed by atoms with Gasteiger partial charge in [-0.15, -0.1) is 0 Å². The largest absolute Gasteiger partial charge is 0.462 e. The summed E-state index contributed by atoms with van der Waals surface area (Å²) in [6, 6.07) is 0. The predicted octanol–water partition coefficient (Wildman–Crippen LogP) is 22.9. The Morgan fingerprint density at radius 2 is 0.481 bits per heavy atom. The van der Waals surface area contributed by atoms with Crippen LogP contribution in [0.3, 0.4) is 0 Å². The van der Waals surface area contributed by atoms with Gasteiger partial charge in [0.2, 0.25) is 0 Å². The average molecular weight is 1120 g/mol. The van der Waals surface area contributed by atoms with Gasteiger partial charge in [0.05, 0.1) is 0 Å². The topological polar surface area (TPSA) is 78.9 Å². The third-order valence-corrected chi connectivity index (χ3v) is 13.5. The zero-order valence-electron chi connectivity index (χ0n) is 52.2. The first kappa shape index (κ1) is 76.0. The molecule has 0 aromatic heterocycles.